The van der Waals surface area contributed by atoms with Gasteiger partial charge in [0.2, 0.25) is 0 Å². The number of rotatable bonds is 3. The van der Waals surface area contributed by atoms with Crippen LogP contribution in [0.4, 0.5) is 4.39 Å². The molecule has 0 aliphatic heterocycles. The summed E-state index contributed by atoms with van der Waals surface area (Å²) in [5.74, 6) is 1.29. The number of benzene rings is 1. The van der Waals surface area contributed by atoms with Crippen molar-refractivity contribution >= 4 is 0 Å². The van der Waals surface area contributed by atoms with Gasteiger partial charge in [0.25, 0.3) is 0 Å². The average Bonchev–Trinajstić information content (AvgIpc) is 2.33. The van der Waals surface area contributed by atoms with Crippen LogP contribution in [0.5, 0.6) is 0 Å². The van der Waals surface area contributed by atoms with Gasteiger partial charge in [-0.25, -0.2) is 4.39 Å². The zero-order valence-electron chi connectivity index (χ0n) is 12.4. The fourth-order valence-corrected chi connectivity index (χ4v) is 3.41. The van der Waals surface area contributed by atoms with Crippen LogP contribution in [0.25, 0.3) is 0 Å². The average molecular weight is 263 g/mol. The number of halogens is 1. The molecular formula is C17H26FN. The molecule has 2 unspecified atom stereocenters. The summed E-state index contributed by atoms with van der Waals surface area (Å²) >= 11 is 0. The molecule has 0 heterocycles. The first-order chi connectivity index (χ1) is 8.89. The Morgan fingerprint density at radius 2 is 2.16 bits per heavy atom. The van der Waals surface area contributed by atoms with Crippen LogP contribution >= 0.6 is 0 Å². The molecular weight excluding hydrogens is 237 g/mol. The third kappa shape index (κ3) is 3.56. The molecule has 106 valence electrons. The predicted octanol–water partition coefficient (Wildman–Crippen LogP) is 4.22. The van der Waals surface area contributed by atoms with Crippen molar-refractivity contribution in [2.24, 2.45) is 17.6 Å². The maximum atomic E-state index is 13.2. The molecule has 1 aliphatic carbocycles. The Hall–Kier alpha value is -0.890. The van der Waals surface area contributed by atoms with Crippen molar-refractivity contribution < 1.29 is 4.39 Å². The standard InChI is InChI=1S/C17H26FN/c1-12(2)14-5-4-8-17(19,10-14)11-15-6-7-16(18)9-13(15)3/h6-7,9,12,14H,4-5,8,10-11,19H2,1-3H3. The minimum Gasteiger partial charge on any atom is -0.325 e. The first-order valence-corrected chi connectivity index (χ1v) is 7.43. The lowest BCUT2D eigenvalue weighted by Crippen LogP contribution is -2.47. The van der Waals surface area contributed by atoms with E-state index in [1.165, 1.54) is 18.4 Å². The summed E-state index contributed by atoms with van der Waals surface area (Å²) < 4.78 is 13.2. The zero-order chi connectivity index (χ0) is 14.0. The van der Waals surface area contributed by atoms with Crippen molar-refractivity contribution in [1.82, 2.24) is 0 Å². The second-order valence-electron chi connectivity index (χ2n) is 6.71. The minimum absolute atomic E-state index is 0.101. The molecule has 1 aliphatic rings. The van der Waals surface area contributed by atoms with Crippen LogP contribution in [0, 0.1) is 24.6 Å². The van der Waals surface area contributed by atoms with Gasteiger partial charge in [0.15, 0.2) is 0 Å². The smallest absolute Gasteiger partial charge is 0.123 e. The summed E-state index contributed by atoms with van der Waals surface area (Å²) in [5, 5.41) is 0. The Labute approximate surface area is 116 Å². The SMILES string of the molecule is Cc1cc(F)ccc1CC1(N)CCCC(C(C)C)C1. The van der Waals surface area contributed by atoms with E-state index < -0.39 is 0 Å². The molecule has 2 atom stereocenters. The first kappa shape index (κ1) is 14.5. The molecule has 1 nitrogen and oxygen atoms in total. The van der Waals surface area contributed by atoms with E-state index in [1.807, 2.05) is 13.0 Å². The van der Waals surface area contributed by atoms with E-state index in [1.54, 1.807) is 12.1 Å². The van der Waals surface area contributed by atoms with Crippen molar-refractivity contribution in [3.05, 3.63) is 35.1 Å². The summed E-state index contributed by atoms with van der Waals surface area (Å²) in [6.45, 7) is 6.56. The Kier molecular flexibility index (Phi) is 4.29. The second kappa shape index (κ2) is 5.62. The van der Waals surface area contributed by atoms with Gasteiger partial charge in [-0.3, -0.25) is 0 Å². The van der Waals surface area contributed by atoms with E-state index in [2.05, 4.69) is 13.8 Å². The summed E-state index contributed by atoms with van der Waals surface area (Å²) in [4.78, 5) is 0. The monoisotopic (exact) mass is 263 g/mol. The highest BCUT2D eigenvalue weighted by Crippen LogP contribution is 2.37. The Morgan fingerprint density at radius 3 is 2.79 bits per heavy atom. The van der Waals surface area contributed by atoms with E-state index in [0.29, 0.717) is 5.92 Å². The molecule has 1 aromatic carbocycles. The number of aryl methyl sites for hydroxylation is 1. The Bertz CT molecular complexity index is 441. The van der Waals surface area contributed by atoms with E-state index >= 15 is 0 Å². The van der Waals surface area contributed by atoms with Crippen LogP contribution in [0.15, 0.2) is 18.2 Å². The van der Waals surface area contributed by atoms with Crippen LogP contribution in [0.1, 0.15) is 50.7 Å². The van der Waals surface area contributed by atoms with Gasteiger partial charge in [0.1, 0.15) is 5.82 Å². The molecule has 2 N–H and O–H groups in total. The number of hydrogen-bond acceptors (Lipinski definition) is 1. The van der Waals surface area contributed by atoms with Crippen LogP contribution in [0.2, 0.25) is 0 Å². The highest BCUT2D eigenvalue weighted by Gasteiger charge is 2.34. The van der Waals surface area contributed by atoms with Crippen molar-refractivity contribution in [2.75, 3.05) is 0 Å². The molecule has 0 saturated heterocycles. The fourth-order valence-electron chi connectivity index (χ4n) is 3.41. The highest BCUT2D eigenvalue weighted by atomic mass is 19.1. The van der Waals surface area contributed by atoms with Gasteiger partial charge < -0.3 is 5.73 Å². The van der Waals surface area contributed by atoms with Gasteiger partial charge in [-0.1, -0.05) is 32.8 Å². The molecule has 1 fully saturated rings. The summed E-state index contributed by atoms with van der Waals surface area (Å²) in [7, 11) is 0. The van der Waals surface area contributed by atoms with Crippen LogP contribution in [-0.2, 0) is 6.42 Å². The van der Waals surface area contributed by atoms with Gasteiger partial charge >= 0.3 is 0 Å². The second-order valence-corrected chi connectivity index (χ2v) is 6.71. The van der Waals surface area contributed by atoms with E-state index in [0.717, 1.165) is 30.7 Å². The van der Waals surface area contributed by atoms with E-state index in [-0.39, 0.29) is 11.4 Å². The van der Waals surface area contributed by atoms with Gasteiger partial charge in [-0.15, -0.1) is 0 Å². The molecule has 0 aromatic heterocycles. The number of nitrogens with two attached hydrogens (primary N) is 1. The third-order valence-electron chi connectivity index (χ3n) is 4.71. The van der Waals surface area contributed by atoms with Crippen LogP contribution in [-0.4, -0.2) is 5.54 Å². The summed E-state index contributed by atoms with van der Waals surface area (Å²) in [6.07, 6.45) is 5.59. The Morgan fingerprint density at radius 1 is 1.42 bits per heavy atom. The molecule has 1 saturated carbocycles. The summed E-state index contributed by atoms with van der Waals surface area (Å²) in [5.41, 5.74) is 8.76. The van der Waals surface area contributed by atoms with E-state index in [4.69, 9.17) is 5.73 Å². The molecule has 2 rings (SSSR count). The number of hydrogen-bond donors (Lipinski definition) is 1. The molecule has 0 radical (unpaired) electrons. The normalized spacial score (nSPS) is 27.8. The third-order valence-corrected chi connectivity index (χ3v) is 4.71. The van der Waals surface area contributed by atoms with Crippen molar-refractivity contribution in [3.8, 4) is 0 Å². The first-order valence-electron chi connectivity index (χ1n) is 7.43. The van der Waals surface area contributed by atoms with E-state index in [9.17, 15) is 4.39 Å². The van der Waals surface area contributed by atoms with Crippen molar-refractivity contribution in [2.45, 2.75) is 58.4 Å². The molecule has 0 bridgehead atoms. The highest BCUT2D eigenvalue weighted by molar-refractivity contribution is 5.28. The van der Waals surface area contributed by atoms with Gasteiger partial charge in [0, 0.05) is 5.54 Å². The van der Waals surface area contributed by atoms with Crippen LogP contribution < -0.4 is 5.73 Å². The molecule has 0 spiro atoms. The zero-order valence-corrected chi connectivity index (χ0v) is 12.4. The maximum Gasteiger partial charge on any atom is 0.123 e. The minimum atomic E-state index is -0.156. The molecule has 2 heteroatoms. The van der Waals surface area contributed by atoms with Crippen molar-refractivity contribution in [3.63, 3.8) is 0 Å². The Balaban J connectivity index is 2.12. The van der Waals surface area contributed by atoms with Crippen molar-refractivity contribution in [1.29, 1.82) is 0 Å². The topological polar surface area (TPSA) is 26.0 Å². The molecule has 0 amide bonds. The predicted molar refractivity (Wildman–Crippen MR) is 78.6 cm³/mol. The quantitative estimate of drug-likeness (QED) is 0.868. The maximum absolute atomic E-state index is 13.2. The van der Waals surface area contributed by atoms with Gasteiger partial charge in [-0.2, -0.15) is 0 Å². The lowest BCUT2D eigenvalue weighted by molar-refractivity contribution is 0.182. The summed E-state index contributed by atoms with van der Waals surface area (Å²) in [6, 6.07) is 5.06. The fraction of sp³-hybridized carbons (Fsp3) is 0.647. The van der Waals surface area contributed by atoms with Crippen LogP contribution in [0.3, 0.4) is 0 Å². The van der Waals surface area contributed by atoms with Gasteiger partial charge in [-0.05, 0) is 61.3 Å². The molecule has 1 aromatic rings. The lowest BCUT2D eigenvalue weighted by atomic mass is 9.70. The van der Waals surface area contributed by atoms with Gasteiger partial charge in [0.05, 0.1) is 0 Å². The lowest BCUT2D eigenvalue weighted by Gasteiger charge is -2.40. The largest absolute Gasteiger partial charge is 0.325 e. The molecule has 19 heavy (non-hydrogen) atoms.